The minimum Gasteiger partial charge on any atom is -0.508 e. The Bertz CT molecular complexity index is 1070. The number of phenolic OH excluding ortho intramolecular Hbond substituents is 1. The molecule has 3 unspecified atom stereocenters. The van der Waals surface area contributed by atoms with Crippen molar-refractivity contribution in [3.63, 3.8) is 0 Å². The molecule has 4 nitrogen and oxygen atoms in total. The van der Waals surface area contributed by atoms with Crippen molar-refractivity contribution in [3.8, 4) is 5.75 Å². The van der Waals surface area contributed by atoms with Gasteiger partial charge in [0.15, 0.2) is 0 Å². The van der Waals surface area contributed by atoms with Crippen LogP contribution in [0.3, 0.4) is 0 Å². The number of amides is 1. The molecule has 5 rings (SSSR count). The van der Waals surface area contributed by atoms with E-state index >= 15 is 0 Å². The van der Waals surface area contributed by atoms with Crippen LogP contribution in [0.15, 0.2) is 84.9 Å². The Hall–Kier alpha value is -3.53. The highest BCUT2D eigenvalue weighted by molar-refractivity contribution is 6.08. The van der Waals surface area contributed by atoms with Crippen LogP contribution in [0.4, 0.5) is 11.4 Å². The van der Waals surface area contributed by atoms with Crippen LogP contribution in [0.2, 0.25) is 0 Å². The van der Waals surface area contributed by atoms with Crippen LogP contribution in [-0.2, 0) is 0 Å². The zero-order valence-corrected chi connectivity index (χ0v) is 15.9. The lowest BCUT2D eigenvalue weighted by molar-refractivity contribution is 0.102. The van der Waals surface area contributed by atoms with E-state index in [4.69, 9.17) is 0 Å². The average molecular weight is 382 g/mol. The second kappa shape index (κ2) is 7.13. The number of hydrogen-bond acceptors (Lipinski definition) is 3. The third kappa shape index (κ3) is 3.17. The van der Waals surface area contributed by atoms with Gasteiger partial charge >= 0.3 is 0 Å². The molecule has 1 heterocycles. The monoisotopic (exact) mass is 382 g/mol. The summed E-state index contributed by atoms with van der Waals surface area (Å²) in [5.41, 5.74) is 4.60. The van der Waals surface area contributed by atoms with Gasteiger partial charge in [-0.2, -0.15) is 0 Å². The molecule has 0 aromatic heterocycles. The van der Waals surface area contributed by atoms with Gasteiger partial charge in [0, 0.05) is 11.6 Å². The molecule has 29 heavy (non-hydrogen) atoms. The maximum Gasteiger partial charge on any atom is 0.257 e. The quantitative estimate of drug-likeness (QED) is 0.526. The SMILES string of the molecule is O=C(Nc1ccccc1)c1cccc2c1NC(c1ccc(O)cc1)C1CC=CC21. The average Bonchev–Trinajstić information content (AvgIpc) is 3.24. The summed E-state index contributed by atoms with van der Waals surface area (Å²) in [5, 5.41) is 16.3. The van der Waals surface area contributed by atoms with Gasteiger partial charge in [-0.15, -0.1) is 0 Å². The van der Waals surface area contributed by atoms with E-state index in [1.165, 1.54) is 5.56 Å². The normalized spacial score (nSPS) is 21.7. The number of rotatable bonds is 3. The second-order valence-electron chi connectivity index (χ2n) is 7.66. The number of anilines is 2. The number of hydrogen-bond donors (Lipinski definition) is 3. The molecular formula is C25H22N2O2. The van der Waals surface area contributed by atoms with Gasteiger partial charge in [-0.05, 0) is 53.8 Å². The van der Waals surface area contributed by atoms with E-state index in [1.54, 1.807) is 12.1 Å². The predicted molar refractivity (Wildman–Crippen MR) is 115 cm³/mol. The van der Waals surface area contributed by atoms with E-state index in [0.29, 0.717) is 11.5 Å². The largest absolute Gasteiger partial charge is 0.508 e. The number of aromatic hydroxyl groups is 1. The summed E-state index contributed by atoms with van der Waals surface area (Å²) in [6.45, 7) is 0. The first kappa shape index (κ1) is 17.6. The maximum absolute atomic E-state index is 13.1. The molecule has 3 aromatic carbocycles. The zero-order valence-electron chi connectivity index (χ0n) is 15.9. The molecule has 0 radical (unpaired) electrons. The number of allylic oxidation sites excluding steroid dienone is 2. The minimum atomic E-state index is -0.120. The van der Waals surface area contributed by atoms with Crippen LogP contribution in [0, 0.1) is 5.92 Å². The van der Waals surface area contributed by atoms with E-state index in [2.05, 4.69) is 28.9 Å². The summed E-state index contributed by atoms with van der Waals surface area (Å²) >= 11 is 0. The van der Waals surface area contributed by atoms with Gasteiger partial charge in [-0.25, -0.2) is 0 Å². The fraction of sp³-hybridized carbons (Fsp3) is 0.160. The first-order chi connectivity index (χ1) is 14.2. The van der Waals surface area contributed by atoms with E-state index in [-0.39, 0.29) is 23.6 Å². The number of carbonyl (C=O) groups excluding carboxylic acids is 1. The number of phenols is 1. The Morgan fingerprint density at radius 1 is 0.966 bits per heavy atom. The third-order valence-corrected chi connectivity index (χ3v) is 5.93. The number of carbonyl (C=O) groups is 1. The molecule has 0 fully saturated rings. The van der Waals surface area contributed by atoms with Crippen molar-refractivity contribution < 1.29 is 9.90 Å². The summed E-state index contributed by atoms with van der Waals surface area (Å²) in [6, 6.07) is 22.9. The highest BCUT2D eigenvalue weighted by Gasteiger charge is 2.39. The molecule has 0 saturated carbocycles. The second-order valence-corrected chi connectivity index (χ2v) is 7.66. The van der Waals surface area contributed by atoms with Crippen molar-refractivity contribution in [1.29, 1.82) is 0 Å². The maximum atomic E-state index is 13.1. The molecule has 3 atom stereocenters. The molecule has 1 aliphatic heterocycles. The molecule has 3 aromatic rings. The number of benzene rings is 3. The van der Waals surface area contributed by atoms with Crippen LogP contribution in [0.25, 0.3) is 0 Å². The first-order valence-corrected chi connectivity index (χ1v) is 9.92. The van der Waals surface area contributed by atoms with Crippen molar-refractivity contribution in [2.45, 2.75) is 18.4 Å². The van der Waals surface area contributed by atoms with Gasteiger partial charge in [0.1, 0.15) is 5.75 Å². The number of fused-ring (bicyclic) bond motifs is 3. The highest BCUT2D eigenvalue weighted by atomic mass is 16.3. The molecular weight excluding hydrogens is 360 g/mol. The minimum absolute atomic E-state index is 0.0776. The topological polar surface area (TPSA) is 61.4 Å². The van der Waals surface area contributed by atoms with E-state index in [9.17, 15) is 9.90 Å². The summed E-state index contributed by atoms with van der Waals surface area (Å²) in [7, 11) is 0. The van der Waals surface area contributed by atoms with E-state index < -0.39 is 0 Å². The van der Waals surface area contributed by atoms with E-state index in [0.717, 1.165) is 23.4 Å². The van der Waals surface area contributed by atoms with Crippen molar-refractivity contribution in [2.75, 3.05) is 10.6 Å². The van der Waals surface area contributed by atoms with Gasteiger partial charge in [-0.1, -0.05) is 54.6 Å². The van der Waals surface area contributed by atoms with E-state index in [1.807, 2.05) is 54.6 Å². The summed E-state index contributed by atoms with van der Waals surface area (Å²) in [4.78, 5) is 13.1. The van der Waals surface area contributed by atoms with Crippen LogP contribution >= 0.6 is 0 Å². The first-order valence-electron chi connectivity index (χ1n) is 9.92. The van der Waals surface area contributed by atoms with Crippen LogP contribution in [0.1, 0.15) is 39.9 Å². The lowest BCUT2D eigenvalue weighted by Gasteiger charge is -2.38. The predicted octanol–water partition coefficient (Wildman–Crippen LogP) is 5.47. The van der Waals surface area contributed by atoms with Crippen molar-refractivity contribution >= 4 is 17.3 Å². The Balaban J connectivity index is 1.53. The smallest absolute Gasteiger partial charge is 0.257 e. The molecule has 144 valence electrons. The Kier molecular flexibility index (Phi) is 4.32. The molecule has 2 aliphatic rings. The fourth-order valence-electron chi connectivity index (χ4n) is 4.54. The fourth-order valence-corrected chi connectivity index (χ4v) is 4.54. The lowest BCUT2D eigenvalue weighted by atomic mass is 9.76. The Labute approximate surface area is 169 Å². The number of nitrogens with one attached hydrogen (secondary N) is 2. The zero-order chi connectivity index (χ0) is 19.8. The molecule has 1 amide bonds. The standard InChI is InChI=1S/C25H22N2O2/c28-18-14-12-16(13-15-18)23-20-9-4-8-19(20)21-10-5-11-22(24(21)27-23)25(29)26-17-6-2-1-3-7-17/h1-8,10-15,19-20,23,27-28H,9H2,(H,26,29). The number of para-hydroxylation sites is 2. The summed E-state index contributed by atoms with van der Waals surface area (Å²) in [5.74, 6) is 0.799. The van der Waals surface area contributed by atoms with Crippen LogP contribution < -0.4 is 10.6 Å². The lowest BCUT2D eigenvalue weighted by Crippen LogP contribution is -2.30. The Morgan fingerprint density at radius 2 is 1.76 bits per heavy atom. The van der Waals surface area contributed by atoms with Gasteiger partial charge in [0.2, 0.25) is 0 Å². The third-order valence-electron chi connectivity index (χ3n) is 5.93. The molecule has 3 N–H and O–H groups in total. The van der Waals surface area contributed by atoms with Crippen LogP contribution in [0.5, 0.6) is 5.75 Å². The van der Waals surface area contributed by atoms with Gasteiger partial charge in [0.25, 0.3) is 5.91 Å². The van der Waals surface area contributed by atoms with Gasteiger partial charge in [0.05, 0.1) is 17.3 Å². The summed E-state index contributed by atoms with van der Waals surface area (Å²) in [6.07, 6.45) is 5.48. The van der Waals surface area contributed by atoms with Gasteiger partial charge in [-0.3, -0.25) is 4.79 Å². The molecule has 0 saturated heterocycles. The Morgan fingerprint density at radius 3 is 2.55 bits per heavy atom. The molecule has 4 heteroatoms. The molecule has 0 spiro atoms. The highest BCUT2D eigenvalue weighted by Crippen LogP contribution is 2.50. The molecule has 1 aliphatic carbocycles. The molecule has 0 bridgehead atoms. The van der Waals surface area contributed by atoms with Gasteiger partial charge < -0.3 is 15.7 Å². The van der Waals surface area contributed by atoms with Crippen molar-refractivity contribution in [1.82, 2.24) is 0 Å². The van der Waals surface area contributed by atoms with Crippen LogP contribution in [-0.4, -0.2) is 11.0 Å². The summed E-state index contributed by atoms with van der Waals surface area (Å²) < 4.78 is 0. The van der Waals surface area contributed by atoms with Crippen molar-refractivity contribution in [3.05, 3.63) is 102 Å². The van der Waals surface area contributed by atoms with Crippen molar-refractivity contribution in [2.24, 2.45) is 5.92 Å².